The van der Waals surface area contributed by atoms with Gasteiger partial charge in [-0.05, 0) is 41.5 Å². The third-order valence-electron chi connectivity index (χ3n) is 3.86. The van der Waals surface area contributed by atoms with E-state index >= 15 is 0 Å². The number of pyridine rings is 2. The fourth-order valence-corrected chi connectivity index (χ4v) is 2.55. The normalized spacial score (nSPS) is 11.0. The number of carbonyl (C=O) groups is 2. The highest BCUT2D eigenvalue weighted by molar-refractivity contribution is 6.40. The third kappa shape index (κ3) is 14.3. The first-order valence-corrected chi connectivity index (χ1v) is 12.7. The Morgan fingerprint density at radius 1 is 0.884 bits per heavy atom. The fraction of sp³-hybridized carbons (Fsp3) is 0.333. The monoisotopic (exact) mass is 691 g/mol. The lowest BCUT2D eigenvalue weighted by molar-refractivity contribution is -0.151. The van der Waals surface area contributed by atoms with Crippen LogP contribution in [0.15, 0.2) is 10.3 Å². The Bertz CT molecular complexity index is 1410. The molecule has 2 aromatic rings. The van der Waals surface area contributed by atoms with E-state index in [4.69, 9.17) is 79.0 Å². The zero-order valence-electron chi connectivity index (χ0n) is 24.4. The Morgan fingerprint density at radius 2 is 1.23 bits per heavy atom. The Morgan fingerprint density at radius 3 is 1.53 bits per heavy atom. The van der Waals surface area contributed by atoms with E-state index in [-0.39, 0.29) is 27.3 Å². The number of carboxylic acids is 1. The number of hydrogen-bond acceptors (Lipinski definition) is 12. The van der Waals surface area contributed by atoms with Gasteiger partial charge in [-0.25, -0.2) is 9.59 Å². The van der Waals surface area contributed by atoms with Crippen LogP contribution >= 0.6 is 46.4 Å². The molecule has 0 saturated heterocycles. The molecule has 2 heterocycles. The molecular weight excluding hydrogens is 664 g/mol. The molecule has 0 aromatic carbocycles. The van der Waals surface area contributed by atoms with Crippen molar-refractivity contribution in [2.24, 2.45) is 10.3 Å². The van der Waals surface area contributed by atoms with Crippen LogP contribution in [0.2, 0.25) is 20.1 Å². The van der Waals surface area contributed by atoms with Crippen LogP contribution in [0.3, 0.4) is 0 Å². The summed E-state index contributed by atoms with van der Waals surface area (Å²) < 4.78 is 42.0. The van der Waals surface area contributed by atoms with Gasteiger partial charge in [-0.3, -0.25) is 0 Å². The number of carbonyl (C=O) groups excluding carboxylic acids is 1. The number of halogens is 6. The highest BCUT2D eigenvalue weighted by Crippen LogP contribution is 2.36. The number of oxime groups is 2. The van der Waals surface area contributed by atoms with Crippen LogP contribution in [0, 0.1) is 24.7 Å². The highest BCUT2D eigenvalue weighted by atomic mass is 35.5. The summed E-state index contributed by atoms with van der Waals surface area (Å²) >= 11 is 22.4. The highest BCUT2D eigenvalue weighted by Gasteiger charge is 2.23. The molecule has 2 unspecified atom stereocenters. The number of ether oxygens (including phenoxy) is 2. The van der Waals surface area contributed by atoms with Gasteiger partial charge in [0.15, 0.2) is 12.2 Å². The summed E-state index contributed by atoms with van der Waals surface area (Å²) in [5.74, 6) is -4.92. The molecular formula is C24H28Cl4F2N6O7. The van der Waals surface area contributed by atoms with Crippen molar-refractivity contribution < 1.29 is 44.4 Å². The van der Waals surface area contributed by atoms with Crippen LogP contribution in [0.25, 0.3) is 0 Å². The minimum atomic E-state index is -1.24. The second kappa shape index (κ2) is 20.1. The van der Waals surface area contributed by atoms with Crippen molar-refractivity contribution in [3.05, 3.63) is 32.0 Å². The number of aliphatic carboxylic acids is 1. The zero-order chi connectivity index (χ0) is 34.9. The molecule has 0 amide bonds. The van der Waals surface area contributed by atoms with Crippen LogP contribution in [0.1, 0.15) is 42.9 Å². The van der Waals surface area contributed by atoms with Crippen molar-refractivity contribution in [2.45, 2.75) is 53.8 Å². The van der Waals surface area contributed by atoms with E-state index < -0.39 is 52.0 Å². The van der Waals surface area contributed by atoms with Crippen LogP contribution in [0.4, 0.5) is 20.2 Å². The molecule has 0 aliphatic carbocycles. The third-order valence-corrected chi connectivity index (χ3v) is 5.31. The molecule has 0 spiro atoms. The molecule has 2 aromatic heterocycles. The number of nitrogen functional groups attached to an aromatic ring is 2. The average molecular weight is 693 g/mol. The van der Waals surface area contributed by atoms with Gasteiger partial charge in [0, 0.05) is 0 Å². The molecule has 2 atom stereocenters. The molecule has 6 N–H and O–H groups in total. The number of hydrogen-bond donors (Lipinski definition) is 4. The maximum atomic E-state index is 13.3. The van der Waals surface area contributed by atoms with Gasteiger partial charge in [0.25, 0.3) is 0 Å². The topological polar surface area (TPSA) is 205 Å². The fourth-order valence-electron chi connectivity index (χ4n) is 1.82. The van der Waals surface area contributed by atoms with Crippen molar-refractivity contribution in [3.8, 4) is 24.6 Å². The molecule has 0 radical (unpaired) electrons. The number of nitrogens with zero attached hydrogens (tertiary/aromatic N) is 4. The SMILES string of the molecule is CC(C)=NO.CC(C)=NOC(=O)C(C)Oc1nc(F)c(Cl)c(N)c1Cl.CC(Oc1nc(F)c(Cl)c(N)c1Cl)C(=O)O.[2H]C#C. The molecule has 19 heteroatoms. The number of aromatic nitrogens is 2. The number of rotatable bonds is 7. The molecule has 238 valence electrons. The molecule has 0 fully saturated rings. The van der Waals surface area contributed by atoms with Gasteiger partial charge in [0.05, 0.1) is 22.8 Å². The predicted molar refractivity (Wildman–Crippen MR) is 160 cm³/mol. The maximum Gasteiger partial charge on any atom is 0.374 e. The molecule has 0 aliphatic heterocycles. The predicted octanol–water partition coefficient (Wildman–Crippen LogP) is 5.88. The number of carboxylic acid groups (broad SMARTS) is 1. The minimum Gasteiger partial charge on any atom is -0.479 e. The van der Waals surface area contributed by atoms with Gasteiger partial charge < -0.3 is 36.1 Å². The van der Waals surface area contributed by atoms with Crippen LogP contribution in [-0.2, 0) is 14.4 Å². The number of anilines is 2. The van der Waals surface area contributed by atoms with Crippen LogP contribution < -0.4 is 20.9 Å². The molecule has 0 bridgehead atoms. The lowest BCUT2D eigenvalue weighted by atomic mass is 10.4. The van der Waals surface area contributed by atoms with E-state index in [2.05, 4.69) is 31.5 Å². The first-order valence-electron chi connectivity index (χ1n) is 11.7. The Labute approximate surface area is 267 Å². The Kier molecular flexibility index (Phi) is 18.3. The first kappa shape index (κ1) is 39.2. The Hall–Kier alpha value is -3.84. The summed E-state index contributed by atoms with van der Waals surface area (Å²) in [7, 11) is 0. The maximum absolute atomic E-state index is 13.3. The van der Waals surface area contributed by atoms with Crippen LogP contribution in [-0.4, -0.2) is 55.9 Å². The summed E-state index contributed by atoms with van der Waals surface area (Å²) in [6, 6.07) is 0. The van der Waals surface area contributed by atoms with Gasteiger partial charge in [-0.2, -0.15) is 18.7 Å². The van der Waals surface area contributed by atoms with Gasteiger partial charge in [-0.15, -0.1) is 12.8 Å². The summed E-state index contributed by atoms with van der Waals surface area (Å²) in [6.45, 7) is 9.34. The second-order valence-corrected chi connectivity index (χ2v) is 9.37. The number of terminal acetylenes is 1. The summed E-state index contributed by atoms with van der Waals surface area (Å²) in [5.41, 5.74) is 11.6. The molecule has 0 saturated carbocycles. The van der Waals surface area contributed by atoms with Gasteiger partial charge >= 0.3 is 11.9 Å². The standard InChI is InChI=1S/C11H12Cl2FN3O3.C8H7Cl2FN2O3.C3H7NO.C2H2/c1-4(2)17-20-11(18)5(3)19-10-7(13)8(15)6(12)9(14)16-10;1-2(8(14)15)16-7-4(10)5(12)3(9)6(11)13-7;1-3(2)4-5;1-2/h5H,1-3H3,(H2,15,16);2H,1H3,(H2,12,13)(H,14,15);5H,1-2H3;1-2H/i;;;1D. The summed E-state index contributed by atoms with van der Waals surface area (Å²) in [5, 5.41) is 21.3. The first-order chi connectivity index (χ1) is 20.3. The van der Waals surface area contributed by atoms with E-state index in [0.717, 1.165) is 0 Å². The average Bonchev–Trinajstić information content (AvgIpc) is 2.95. The van der Waals surface area contributed by atoms with Crippen molar-refractivity contribution >= 4 is 81.1 Å². The number of nitrogens with two attached hydrogens (primary N) is 2. The van der Waals surface area contributed by atoms with E-state index in [1.54, 1.807) is 27.7 Å². The molecule has 0 aliphatic rings. The van der Waals surface area contributed by atoms with E-state index in [9.17, 15) is 18.4 Å². The van der Waals surface area contributed by atoms with Crippen LogP contribution in [0.5, 0.6) is 11.8 Å². The largest absolute Gasteiger partial charge is 0.479 e. The molecule has 43 heavy (non-hydrogen) atoms. The van der Waals surface area contributed by atoms with E-state index in [1.807, 2.05) is 0 Å². The quantitative estimate of drug-likeness (QED) is 0.0673. The molecule has 2 rings (SSSR count). The minimum absolute atomic E-state index is 0.189. The van der Waals surface area contributed by atoms with E-state index in [0.29, 0.717) is 11.4 Å². The lowest BCUT2D eigenvalue weighted by Gasteiger charge is -2.13. The van der Waals surface area contributed by atoms with Crippen molar-refractivity contribution in [3.63, 3.8) is 0 Å². The van der Waals surface area contributed by atoms with Gasteiger partial charge in [-0.1, -0.05) is 56.7 Å². The summed E-state index contributed by atoms with van der Waals surface area (Å²) in [4.78, 5) is 33.2. The smallest absolute Gasteiger partial charge is 0.374 e. The molecule has 13 nitrogen and oxygen atoms in total. The van der Waals surface area contributed by atoms with Crippen molar-refractivity contribution in [1.82, 2.24) is 9.97 Å². The second-order valence-electron chi connectivity index (χ2n) is 7.85. The Balaban J connectivity index is 0. The lowest BCUT2D eigenvalue weighted by Crippen LogP contribution is -2.25. The zero-order valence-corrected chi connectivity index (χ0v) is 26.4. The van der Waals surface area contributed by atoms with Crippen molar-refractivity contribution in [2.75, 3.05) is 11.5 Å². The summed E-state index contributed by atoms with van der Waals surface area (Å²) in [6.07, 6.45) is 3.42. The van der Waals surface area contributed by atoms with Gasteiger partial charge in [0.2, 0.25) is 23.7 Å². The van der Waals surface area contributed by atoms with Gasteiger partial charge in [0.1, 0.15) is 21.5 Å². The van der Waals surface area contributed by atoms with E-state index in [1.165, 1.54) is 20.2 Å². The van der Waals surface area contributed by atoms with Crippen molar-refractivity contribution in [1.29, 1.82) is 0 Å².